The van der Waals surface area contributed by atoms with Crippen LogP contribution in [0.25, 0.3) is 0 Å². The van der Waals surface area contributed by atoms with Crippen LogP contribution in [-0.4, -0.2) is 19.9 Å². The van der Waals surface area contributed by atoms with Crippen molar-refractivity contribution < 1.29 is 9.53 Å². The van der Waals surface area contributed by atoms with Gasteiger partial charge in [-0.1, -0.05) is 6.07 Å². The first-order valence-corrected chi connectivity index (χ1v) is 4.51. The Hall–Kier alpha value is -1.35. The van der Waals surface area contributed by atoms with E-state index in [1.807, 2.05) is 19.2 Å². The van der Waals surface area contributed by atoms with Crippen LogP contribution in [0.15, 0.2) is 18.2 Å². The van der Waals surface area contributed by atoms with Crippen LogP contribution in [0.1, 0.15) is 22.8 Å². The van der Waals surface area contributed by atoms with E-state index in [0.29, 0.717) is 6.54 Å². The lowest BCUT2D eigenvalue weighted by Gasteiger charge is -2.08. The SMILES string of the molecule is CNCc1ccc(OC)cc1C(C)=O. The number of ether oxygens (including phenoxy) is 1. The summed E-state index contributed by atoms with van der Waals surface area (Å²) in [5.74, 6) is 0.782. The number of carbonyl (C=O) groups excluding carboxylic acids is 1. The molecule has 0 aliphatic rings. The highest BCUT2D eigenvalue weighted by molar-refractivity contribution is 5.96. The minimum atomic E-state index is 0.0640. The predicted molar refractivity (Wildman–Crippen MR) is 55.8 cm³/mol. The third kappa shape index (κ3) is 2.33. The van der Waals surface area contributed by atoms with Gasteiger partial charge in [0, 0.05) is 12.1 Å². The van der Waals surface area contributed by atoms with E-state index in [1.165, 1.54) is 0 Å². The second kappa shape index (κ2) is 4.77. The second-order valence-electron chi connectivity index (χ2n) is 3.11. The van der Waals surface area contributed by atoms with E-state index in [1.54, 1.807) is 20.1 Å². The number of rotatable bonds is 4. The molecule has 0 aliphatic carbocycles. The fraction of sp³-hybridized carbons (Fsp3) is 0.364. The zero-order valence-corrected chi connectivity index (χ0v) is 8.76. The molecule has 0 amide bonds. The summed E-state index contributed by atoms with van der Waals surface area (Å²) in [5.41, 5.74) is 1.72. The molecular weight excluding hydrogens is 178 g/mol. The summed E-state index contributed by atoms with van der Waals surface area (Å²) in [6.07, 6.45) is 0. The maximum atomic E-state index is 11.3. The quantitative estimate of drug-likeness (QED) is 0.738. The van der Waals surface area contributed by atoms with Gasteiger partial charge in [-0.15, -0.1) is 0 Å². The smallest absolute Gasteiger partial charge is 0.160 e. The molecule has 3 heteroatoms. The van der Waals surface area contributed by atoms with Gasteiger partial charge in [-0.3, -0.25) is 4.79 Å². The van der Waals surface area contributed by atoms with Gasteiger partial charge in [0.25, 0.3) is 0 Å². The number of hydrogen-bond acceptors (Lipinski definition) is 3. The van der Waals surface area contributed by atoms with E-state index >= 15 is 0 Å². The normalized spacial score (nSPS) is 9.93. The summed E-state index contributed by atoms with van der Waals surface area (Å²) in [4.78, 5) is 11.3. The van der Waals surface area contributed by atoms with E-state index in [-0.39, 0.29) is 5.78 Å². The van der Waals surface area contributed by atoms with Gasteiger partial charge < -0.3 is 10.1 Å². The lowest BCUT2D eigenvalue weighted by Crippen LogP contribution is -2.09. The van der Waals surface area contributed by atoms with Crippen molar-refractivity contribution in [3.05, 3.63) is 29.3 Å². The first kappa shape index (κ1) is 10.7. The van der Waals surface area contributed by atoms with Crippen LogP contribution in [0.2, 0.25) is 0 Å². The van der Waals surface area contributed by atoms with Crippen LogP contribution in [0.3, 0.4) is 0 Å². The van der Waals surface area contributed by atoms with Gasteiger partial charge in [0.1, 0.15) is 5.75 Å². The molecule has 1 aromatic rings. The highest BCUT2D eigenvalue weighted by Crippen LogP contribution is 2.18. The average Bonchev–Trinajstić information content (AvgIpc) is 2.18. The molecule has 1 rings (SSSR count). The van der Waals surface area contributed by atoms with E-state index < -0.39 is 0 Å². The molecule has 0 aromatic heterocycles. The summed E-state index contributed by atoms with van der Waals surface area (Å²) in [7, 11) is 3.45. The molecule has 0 spiro atoms. The summed E-state index contributed by atoms with van der Waals surface area (Å²) in [6, 6.07) is 5.54. The van der Waals surface area contributed by atoms with Gasteiger partial charge in [0.05, 0.1) is 7.11 Å². The number of methoxy groups -OCH3 is 1. The Morgan fingerprint density at radius 1 is 1.50 bits per heavy atom. The molecule has 0 aliphatic heterocycles. The minimum Gasteiger partial charge on any atom is -0.497 e. The monoisotopic (exact) mass is 193 g/mol. The summed E-state index contributed by atoms with van der Waals surface area (Å²) < 4.78 is 5.07. The van der Waals surface area contributed by atoms with Crippen LogP contribution < -0.4 is 10.1 Å². The lowest BCUT2D eigenvalue weighted by atomic mass is 10.0. The number of benzene rings is 1. The van der Waals surface area contributed by atoms with E-state index in [0.717, 1.165) is 16.9 Å². The van der Waals surface area contributed by atoms with Crippen LogP contribution in [-0.2, 0) is 6.54 Å². The lowest BCUT2D eigenvalue weighted by molar-refractivity contribution is 0.101. The minimum absolute atomic E-state index is 0.0640. The Morgan fingerprint density at radius 2 is 2.21 bits per heavy atom. The van der Waals surface area contributed by atoms with E-state index in [4.69, 9.17) is 4.74 Å². The molecule has 1 aromatic carbocycles. The van der Waals surface area contributed by atoms with Crippen LogP contribution >= 0.6 is 0 Å². The Labute approximate surface area is 84.1 Å². The summed E-state index contributed by atoms with van der Waals surface area (Å²) in [6.45, 7) is 2.26. The Morgan fingerprint density at radius 3 is 2.71 bits per heavy atom. The molecule has 0 radical (unpaired) electrons. The Kier molecular flexibility index (Phi) is 3.65. The fourth-order valence-corrected chi connectivity index (χ4v) is 1.35. The summed E-state index contributed by atoms with van der Waals surface area (Å²) >= 11 is 0. The van der Waals surface area contributed by atoms with Crippen molar-refractivity contribution in [1.82, 2.24) is 5.32 Å². The first-order valence-electron chi connectivity index (χ1n) is 4.51. The van der Waals surface area contributed by atoms with Crippen LogP contribution in [0, 0.1) is 0 Å². The molecular formula is C11H15NO2. The predicted octanol–water partition coefficient (Wildman–Crippen LogP) is 1.62. The largest absolute Gasteiger partial charge is 0.497 e. The van der Waals surface area contributed by atoms with Gasteiger partial charge in [-0.25, -0.2) is 0 Å². The third-order valence-electron chi connectivity index (χ3n) is 2.06. The first-order chi connectivity index (χ1) is 6.69. The van der Waals surface area contributed by atoms with Crippen molar-refractivity contribution in [1.29, 1.82) is 0 Å². The zero-order valence-electron chi connectivity index (χ0n) is 8.76. The van der Waals surface area contributed by atoms with Crippen molar-refractivity contribution in [2.45, 2.75) is 13.5 Å². The second-order valence-corrected chi connectivity index (χ2v) is 3.11. The highest BCUT2D eigenvalue weighted by atomic mass is 16.5. The standard InChI is InChI=1S/C11H15NO2/c1-8(13)11-6-10(14-3)5-4-9(11)7-12-2/h4-6,12H,7H2,1-3H3. The number of nitrogens with one attached hydrogen (secondary N) is 1. The molecule has 0 bridgehead atoms. The summed E-state index contributed by atoms with van der Waals surface area (Å²) in [5, 5.41) is 3.02. The van der Waals surface area contributed by atoms with Gasteiger partial charge in [0.15, 0.2) is 5.78 Å². The number of ketones is 1. The van der Waals surface area contributed by atoms with Crippen LogP contribution in [0.5, 0.6) is 5.75 Å². The molecule has 76 valence electrons. The van der Waals surface area contributed by atoms with Crippen molar-refractivity contribution in [3.63, 3.8) is 0 Å². The van der Waals surface area contributed by atoms with Gasteiger partial charge in [-0.2, -0.15) is 0 Å². The maximum Gasteiger partial charge on any atom is 0.160 e. The molecule has 1 N–H and O–H groups in total. The van der Waals surface area contributed by atoms with Crippen molar-refractivity contribution in [2.24, 2.45) is 0 Å². The molecule has 0 atom stereocenters. The van der Waals surface area contributed by atoms with Crippen LogP contribution in [0.4, 0.5) is 0 Å². The maximum absolute atomic E-state index is 11.3. The molecule has 0 saturated heterocycles. The van der Waals surface area contributed by atoms with Crippen molar-refractivity contribution in [3.8, 4) is 5.75 Å². The molecule has 0 unspecified atom stereocenters. The number of carbonyl (C=O) groups is 1. The topological polar surface area (TPSA) is 38.3 Å². The Balaban J connectivity index is 3.10. The molecule has 0 fully saturated rings. The van der Waals surface area contributed by atoms with Crippen molar-refractivity contribution >= 4 is 5.78 Å². The van der Waals surface area contributed by atoms with E-state index in [2.05, 4.69) is 5.32 Å². The Bertz CT molecular complexity index is 334. The molecule has 3 nitrogen and oxygen atoms in total. The van der Waals surface area contributed by atoms with Gasteiger partial charge >= 0.3 is 0 Å². The number of hydrogen-bond donors (Lipinski definition) is 1. The molecule has 14 heavy (non-hydrogen) atoms. The molecule has 0 saturated carbocycles. The molecule has 0 heterocycles. The van der Waals surface area contributed by atoms with Gasteiger partial charge in [0.2, 0.25) is 0 Å². The average molecular weight is 193 g/mol. The number of Topliss-reactive ketones (excluding diaryl/α,β-unsaturated/α-hetero) is 1. The highest BCUT2D eigenvalue weighted by Gasteiger charge is 2.07. The van der Waals surface area contributed by atoms with Crippen molar-refractivity contribution in [2.75, 3.05) is 14.2 Å². The zero-order chi connectivity index (χ0) is 10.6. The van der Waals surface area contributed by atoms with Gasteiger partial charge in [-0.05, 0) is 31.7 Å². The fourth-order valence-electron chi connectivity index (χ4n) is 1.35. The van der Waals surface area contributed by atoms with E-state index in [9.17, 15) is 4.79 Å². The third-order valence-corrected chi connectivity index (χ3v) is 2.06.